The zero-order valence-corrected chi connectivity index (χ0v) is 9.69. The first-order chi connectivity index (χ1) is 7.61. The van der Waals surface area contributed by atoms with Gasteiger partial charge >= 0.3 is 11.9 Å². The summed E-state index contributed by atoms with van der Waals surface area (Å²) in [6.45, 7) is 1.90. The normalized spacial score (nSPS) is 11.3. The van der Waals surface area contributed by atoms with E-state index in [0.717, 1.165) is 0 Å². The molecule has 0 spiro atoms. The molecule has 0 aliphatic carbocycles. The first-order valence-electron chi connectivity index (χ1n) is 5.22. The lowest BCUT2D eigenvalue weighted by Crippen LogP contribution is -2.13. The highest BCUT2D eigenvalue weighted by Gasteiger charge is 2.13. The van der Waals surface area contributed by atoms with E-state index in [2.05, 4.69) is 4.74 Å². The maximum atomic E-state index is 11.1. The predicted molar refractivity (Wildman–Crippen MR) is 56.2 cm³/mol. The lowest BCUT2D eigenvalue weighted by molar-refractivity contribution is -0.146. The molecule has 0 N–H and O–H groups in total. The molecule has 0 aliphatic heterocycles. The van der Waals surface area contributed by atoms with Gasteiger partial charge in [0.05, 0.1) is 25.5 Å². The van der Waals surface area contributed by atoms with E-state index in [9.17, 15) is 9.59 Å². The Bertz CT molecular complexity index is 270. The molecule has 0 aliphatic rings. The van der Waals surface area contributed by atoms with Crippen LogP contribution in [0.2, 0.25) is 0 Å². The number of ether oxygens (including phenoxy) is 2. The smallest absolute Gasteiger partial charge is 0.308 e. The van der Waals surface area contributed by atoms with E-state index >= 15 is 0 Å². The van der Waals surface area contributed by atoms with E-state index in [0.29, 0.717) is 12.8 Å². The fraction of sp³-hybridized carbons (Fsp3) is 0.727. The molecule has 5 nitrogen and oxygen atoms in total. The quantitative estimate of drug-likeness (QED) is 0.485. The van der Waals surface area contributed by atoms with Crippen molar-refractivity contribution in [3.8, 4) is 6.07 Å². The van der Waals surface area contributed by atoms with Crippen molar-refractivity contribution in [3.63, 3.8) is 0 Å². The first-order valence-corrected chi connectivity index (χ1v) is 5.22. The maximum Gasteiger partial charge on any atom is 0.308 e. The third-order valence-corrected chi connectivity index (χ3v) is 2.10. The minimum Gasteiger partial charge on any atom is -0.469 e. The van der Waals surface area contributed by atoms with E-state index < -0.39 is 0 Å². The van der Waals surface area contributed by atoms with E-state index in [1.807, 2.05) is 6.07 Å². The van der Waals surface area contributed by atoms with Crippen molar-refractivity contribution in [1.29, 1.82) is 5.26 Å². The van der Waals surface area contributed by atoms with Crippen LogP contribution in [0, 0.1) is 17.2 Å². The van der Waals surface area contributed by atoms with Crippen molar-refractivity contribution in [2.45, 2.75) is 32.6 Å². The number of rotatable bonds is 7. The summed E-state index contributed by atoms with van der Waals surface area (Å²) in [5.74, 6) is -0.790. The fourth-order valence-corrected chi connectivity index (χ4v) is 1.15. The molecule has 0 radical (unpaired) electrons. The number of nitriles is 1. The molecular weight excluding hydrogens is 210 g/mol. The number of carbonyl (C=O) groups is 2. The van der Waals surface area contributed by atoms with E-state index in [4.69, 9.17) is 10.00 Å². The summed E-state index contributed by atoms with van der Waals surface area (Å²) in [4.78, 5) is 22.1. The molecule has 0 heterocycles. The summed E-state index contributed by atoms with van der Waals surface area (Å²) in [6.07, 6.45) is 1.67. The van der Waals surface area contributed by atoms with Gasteiger partial charge in [0.2, 0.25) is 0 Å². The number of nitrogens with zero attached hydrogens (tertiary/aromatic N) is 1. The lowest BCUT2D eigenvalue weighted by Gasteiger charge is -2.08. The van der Waals surface area contributed by atoms with Crippen molar-refractivity contribution in [2.24, 2.45) is 5.92 Å². The van der Waals surface area contributed by atoms with Crippen molar-refractivity contribution in [1.82, 2.24) is 0 Å². The molecule has 0 aromatic heterocycles. The molecule has 90 valence electrons. The molecule has 0 bridgehead atoms. The zero-order chi connectivity index (χ0) is 12.4. The largest absolute Gasteiger partial charge is 0.469 e. The van der Waals surface area contributed by atoms with Gasteiger partial charge in [0.25, 0.3) is 0 Å². The highest BCUT2D eigenvalue weighted by molar-refractivity contribution is 5.72. The van der Waals surface area contributed by atoms with Gasteiger partial charge in [0.1, 0.15) is 6.61 Å². The van der Waals surface area contributed by atoms with Gasteiger partial charge in [-0.05, 0) is 12.8 Å². The highest BCUT2D eigenvalue weighted by atomic mass is 16.5. The minimum absolute atomic E-state index is 0.141. The summed E-state index contributed by atoms with van der Waals surface area (Å²) in [5.41, 5.74) is 0. The van der Waals surface area contributed by atoms with Crippen LogP contribution < -0.4 is 0 Å². The fourth-order valence-electron chi connectivity index (χ4n) is 1.15. The van der Waals surface area contributed by atoms with Crippen LogP contribution in [0.5, 0.6) is 0 Å². The Labute approximate surface area is 95.3 Å². The highest BCUT2D eigenvalue weighted by Crippen LogP contribution is 2.09. The Morgan fingerprint density at radius 2 is 2.12 bits per heavy atom. The van der Waals surface area contributed by atoms with E-state index in [1.54, 1.807) is 6.92 Å². The second-order valence-electron chi connectivity index (χ2n) is 3.45. The van der Waals surface area contributed by atoms with Crippen LogP contribution in [-0.4, -0.2) is 25.7 Å². The second kappa shape index (κ2) is 8.72. The molecule has 1 unspecified atom stereocenters. The molecule has 16 heavy (non-hydrogen) atoms. The molecular formula is C11H17NO4. The molecule has 0 rings (SSSR count). The second-order valence-corrected chi connectivity index (χ2v) is 3.45. The van der Waals surface area contributed by atoms with Gasteiger partial charge in [-0.2, -0.15) is 5.26 Å². The summed E-state index contributed by atoms with van der Waals surface area (Å²) in [6, 6.07) is 1.88. The Morgan fingerprint density at radius 1 is 1.44 bits per heavy atom. The van der Waals surface area contributed by atoms with Crippen LogP contribution in [0.4, 0.5) is 0 Å². The van der Waals surface area contributed by atoms with Gasteiger partial charge < -0.3 is 9.47 Å². The van der Waals surface area contributed by atoms with Gasteiger partial charge in [0, 0.05) is 6.42 Å². The van der Waals surface area contributed by atoms with Crippen LogP contribution >= 0.6 is 0 Å². The minimum atomic E-state index is -0.327. The zero-order valence-electron chi connectivity index (χ0n) is 9.69. The van der Waals surface area contributed by atoms with Crippen molar-refractivity contribution in [3.05, 3.63) is 0 Å². The van der Waals surface area contributed by atoms with Gasteiger partial charge in [-0.1, -0.05) is 6.92 Å². The molecule has 0 fully saturated rings. The first kappa shape index (κ1) is 14.4. The van der Waals surface area contributed by atoms with Gasteiger partial charge in [0.15, 0.2) is 0 Å². The van der Waals surface area contributed by atoms with E-state index in [-0.39, 0.29) is 37.3 Å². The Morgan fingerprint density at radius 3 is 2.69 bits per heavy atom. The molecule has 1 atom stereocenters. The van der Waals surface area contributed by atoms with Crippen LogP contribution in [0.15, 0.2) is 0 Å². The third-order valence-electron chi connectivity index (χ3n) is 2.10. The molecule has 0 aromatic carbocycles. The molecule has 5 heteroatoms. The molecule has 0 saturated carbocycles. The Balaban J connectivity index is 3.54. The lowest BCUT2D eigenvalue weighted by atomic mass is 10.0. The van der Waals surface area contributed by atoms with Crippen LogP contribution in [0.25, 0.3) is 0 Å². The topological polar surface area (TPSA) is 76.4 Å². The standard InChI is InChI=1S/C11H17NO4/c1-9(11(14)15-2)5-3-6-10(13)16-8-4-7-12/h9H,3-6,8H2,1-2H3. The number of methoxy groups -OCH3 is 1. The molecule has 0 saturated heterocycles. The van der Waals surface area contributed by atoms with Gasteiger partial charge in [-0.3, -0.25) is 9.59 Å². The summed E-state index contributed by atoms with van der Waals surface area (Å²) >= 11 is 0. The van der Waals surface area contributed by atoms with Gasteiger partial charge in [-0.15, -0.1) is 0 Å². The average Bonchev–Trinajstić information content (AvgIpc) is 2.28. The maximum absolute atomic E-state index is 11.1. The van der Waals surface area contributed by atoms with Crippen LogP contribution in [0.1, 0.15) is 32.6 Å². The molecule has 0 amide bonds. The number of esters is 2. The van der Waals surface area contributed by atoms with E-state index in [1.165, 1.54) is 7.11 Å². The third kappa shape index (κ3) is 6.82. The Kier molecular flexibility index (Phi) is 7.86. The molecule has 0 aromatic rings. The van der Waals surface area contributed by atoms with Crippen LogP contribution in [0.3, 0.4) is 0 Å². The average molecular weight is 227 g/mol. The number of carbonyl (C=O) groups excluding carboxylic acids is 2. The van der Waals surface area contributed by atoms with Gasteiger partial charge in [-0.25, -0.2) is 0 Å². The number of hydrogen-bond donors (Lipinski definition) is 0. The van der Waals surface area contributed by atoms with Crippen LogP contribution in [-0.2, 0) is 19.1 Å². The number of hydrogen-bond acceptors (Lipinski definition) is 5. The van der Waals surface area contributed by atoms with Crippen molar-refractivity contribution in [2.75, 3.05) is 13.7 Å². The summed E-state index contributed by atoms with van der Waals surface area (Å²) < 4.78 is 9.33. The Hall–Kier alpha value is -1.57. The van der Waals surface area contributed by atoms with Crippen molar-refractivity contribution < 1.29 is 19.1 Å². The van der Waals surface area contributed by atoms with Crippen molar-refractivity contribution >= 4 is 11.9 Å². The SMILES string of the molecule is COC(=O)C(C)CCCC(=O)OCCC#N. The summed E-state index contributed by atoms with van der Waals surface area (Å²) in [5, 5.41) is 8.22. The summed E-state index contributed by atoms with van der Waals surface area (Å²) in [7, 11) is 1.34. The predicted octanol–water partition coefficient (Wildman–Crippen LogP) is 1.42. The monoisotopic (exact) mass is 227 g/mol.